The molecule has 0 saturated heterocycles. The van der Waals surface area contributed by atoms with Crippen molar-refractivity contribution >= 4 is 27.3 Å². The summed E-state index contributed by atoms with van der Waals surface area (Å²) in [4.78, 5) is 12.3. The van der Waals surface area contributed by atoms with Crippen LogP contribution >= 0.6 is 0 Å². The first-order valence-electron chi connectivity index (χ1n) is 7.77. The Morgan fingerprint density at radius 2 is 1.75 bits per heavy atom. The molecule has 0 heterocycles. The van der Waals surface area contributed by atoms with E-state index in [0.29, 0.717) is 22.9 Å². The second-order valence-corrected chi connectivity index (χ2v) is 7.59. The van der Waals surface area contributed by atoms with E-state index in [2.05, 4.69) is 23.9 Å². The fourth-order valence-corrected chi connectivity index (χ4v) is 2.83. The van der Waals surface area contributed by atoms with E-state index in [1.165, 1.54) is 11.6 Å². The van der Waals surface area contributed by atoms with Crippen molar-refractivity contribution in [2.24, 2.45) is 0 Å². The molecular weight excluding hydrogens is 324 g/mol. The van der Waals surface area contributed by atoms with Gasteiger partial charge in [-0.05, 0) is 48.2 Å². The maximum Gasteiger partial charge on any atom is 0.255 e. The lowest BCUT2D eigenvalue weighted by Crippen LogP contribution is -2.14. The Morgan fingerprint density at radius 1 is 1.08 bits per heavy atom. The number of hydrogen-bond acceptors (Lipinski definition) is 3. The number of amides is 1. The summed E-state index contributed by atoms with van der Waals surface area (Å²) < 4.78 is 24.9. The quantitative estimate of drug-likeness (QED) is 0.835. The number of nitrogens with one attached hydrogen (secondary N) is 2. The first-order chi connectivity index (χ1) is 11.3. The van der Waals surface area contributed by atoms with Crippen LogP contribution in [0.2, 0.25) is 0 Å². The zero-order valence-electron chi connectivity index (χ0n) is 14.0. The van der Waals surface area contributed by atoms with E-state index in [9.17, 15) is 13.2 Å². The minimum absolute atomic E-state index is 0.288. The predicted molar refractivity (Wildman–Crippen MR) is 98.0 cm³/mol. The molecule has 0 aromatic heterocycles. The number of benzene rings is 2. The van der Waals surface area contributed by atoms with Gasteiger partial charge in [-0.3, -0.25) is 9.52 Å². The van der Waals surface area contributed by atoms with E-state index in [1.54, 1.807) is 18.2 Å². The van der Waals surface area contributed by atoms with Crippen molar-refractivity contribution in [3.05, 3.63) is 59.7 Å². The molecule has 1 amide bonds. The number of carbonyl (C=O) groups is 1. The number of carbonyl (C=O) groups excluding carboxylic acids is 1. The Labute approximate surface area is 143 Å². The van der Waals surface area contributed by atoms with Gasteiger partial charge in [-0.15, -0.1) is 0 Å². The maximum atomic E-state index is 12.3. The normalized spacial score (nSPS) is 12.5. The fourth-order valence-electron chi connectivity index (χ4n) is 2.27. The fraction of sp³-hybridized carbons (Fsp3) is 0.278. The molecule has 24 heavy (non-hydrogen) atoms. The molecule has 6 heteroatoms. The Balaban J connectivity index is 2.11. The van der Waals surface area contributed by atoms with Gasteiger partial charge in [0, 0.05) is 16.9 Å². The van der Waals surface area contributed by atoms with E-state index in [4.69, 9.17) is 0 Å². The van der Waals surface area contributed by atoms with Gasteiger partial charge in [0.05, 0.1) is 6.26 Å². The predicted octanol–water partition coefficient (Wildman–Crippen LogP) is 3.82. The number of hydrogen-bond donors (Lipinski definition) is 2. The Kier molecular flexibility index (Phi) is 5.62. The molecule has 128 valence electrons. The van der Waals surface area contributed by atoms with Gasteiger partial charge in [0.25, 0.3) is 5.91 Å². The molecule has 1 unspecified atom stereocenters. The molecule has 0 fully saturated rings. The van der Waals surface area contributed by atoms with Crippen molar-refractivity contribution < 1.29 is 13.2 Å². The molecule has 1 atom stereocenters. The van der Waals surface area contributed by atoms with Gasteiger partial charge in [0.15, 0.2) is 0 Å². The largest absolute Gasteiger partial charge is 0.322 e. The van der Waals surface area contributed by atoms with Gasteiger partial charge in [0.2, 0.25) is 10.0 Å². The van der Waals surface area contributed by atoms with Gasteiger partial charge in [-0.2, -0.15) is 0 Å². The van der Waals surface area contributed by atoms with Crippen molar-refractivity contribution in [3.8, 4) is 0 Å². The third kappa shape index (κ3) is 5.09. The first kappa shape index (κ1) is 18.0. The molecule has 2 aromatic rings. The second-order valence-electron chi connectivity index (χ2n) is 5.84. The lowest BCUT2D eigenvalue weighted by molar-refractivity contribution is 0.102. The molecule has 2 aromatic carbocycles. The molecule has 2 N–H and O–H groups in total. The SMILES string of the molecule is CCC(C)c1ccc(NC(=O)c2cccc(NS(C)(=O)=O)c2)cc1. The minimum Gasteiger partial charge on any atom is -0.322 e. The van der Waals surface area contributed by atoms with E-state index in [1.807, 2.05) is 24.3 Å². The highest BCUT2D eigenvalue weighted by molar-refractivity contribution is 7.92. The van der Waals surface area contributed by atoms with Crippen molar-refractivity contribution in [1.29, 1.82) is 0 Å². The van der Waals surface area contributed by atoms with Crippen molar-refractivity contribution in [2.75, 3.05) is 16.3 Å². The minimum atomic E-state index is -3.38. The van der Waals surface area contributed by atoms with Crippen LogP contribution in [0.4, 0.5) is 11.4 Å². The van der Waals surface area contributed by atoms with Crippen molar-refractivity contribution in [1.82, 2.24) is 0 Å². The zero-order chi connectivity index (χ0) is 17.7. The average molecular weight is 346 g/mol. The lowest BCUT2D eigenvalue weighted by atomic mass is 9.98. The van der Waals surface area contributed by atoms with Gasteiger partial charge in [-0.25, -0.2) is 8.42 Å². The van der Waals surface area contributed by atoms with Gasteiger partial charge < -0.3 is 5.32 Å². The molecule has 2 rings (SSSR count). The number of rotatable bonds is 6. The smallest absolute Gasteiger partial charge is 0.255 e. The van der Waals surface area contributed by atoms with Gasteiger partial charge >= 0.3 is 0 Å². The summed E-state index contributed by atoms with van der Waals surface area (Å²) in [6.45, 7) is 4.30. The van der Waals surface area contributed by atoms with Crippen molar-refractivity contribution in [2.45, 2.75) is 26.2 Å². The van der Waals surface area contributed by atoms with Gasteiger partial charge in [0.1, 0.15) is 0 Å². The average Bonchev–Trinajstić information content (AvgIpc) is 2.53. The van der Waals surface area contributed by atoms with Crippen LogP contribution in [-0.4, -0.2) is 20.6 Å². The van der Waals surface area contributed by atoms with E-state index in [-0.39, 0.29) is 5.91 Å². The van der Waals surface area contributed by atoms with Crippen LogP contribution in [0.15, 0.2) is 48.5 Å². The topological polar surface area (TPSA) is 75.3 Å². The molecule has 0 aliphatic rings. The molecule has 0 radical (unpaired) electrons. The third-order valence-corrected chi connectivity index (χ3v) is 4.38. The van der Waals surface area contributed by atoms with Crippen LogP contribution in [0, 0.1) is 0 Å². The Hall–Kier alpha value is -2.34. The third-order valence-electron chi connectivity index (χ3n) is 3.78. The Morgan fingerprint density at radius 3 is 2.33 bits per heavy atom. The number of sulfonamides is 1. The summed E-state index contributed by atoms with van der Waals surface area (Å²) in [6, 6.07) is 14.1. The van der Waals surface area contributed by atoms with E-state index < -0.39 is 10.0 Å². The van der Waals surface area contributed by atoms with Crippen molar-refractivity contribution in [3.63, 3.8) is 0 Å². The first-order valence-corrected chi connectivity index (χ1v) is 9.67. The Bertz CT molecular complexity index is 814. The molecular formula is C18H22N2O3S. The van der Waals surface area contributed by atoms with Crippen LogP contribution in [0.1, 0.15) is 42.1 Å². The molecule has 0 aliphatic carbocycles. The van der Waals surface area contributed by atoms with Crippen LogP contribution in [0.5, 0.6) is 0 Å². The molecule has 0 aliphatic heterocycles. The van der Waals surface area contributed by atoms with Crippen LogP contribution < -0.4 is 10.0 Å². The highest BCUT2D eigenvalue weighted by Crippen LogP contribution is 2.21. The van der Waals surface area contributed by atoms with Gasteiger partial charge in [-0.1, -0.05) is 32.0 Å². The molecule has 0 spiro atoms. The molecule has 0 bridgehead atoms. The van der Waals surface area contributed by atoms with Crippen LogP contribution in [-0.2, 0) is 10.0 Å². The zero-order valence-corrected chi connectivity index (χ0v) is 14.9. The van der Waals surface area contributed by atoms with Crippen LogP contribution in [0.25, 0.3) is 0 Å². The summed E-state index contributed by atoms with van der Waals surface area (Å²) in [5, 5.41) is 2.82. The summed E-state index contributed by atoms with van der Waals surface area (Å²) in [5.41, 5.74) is 2.68. The monoisotopic (exact) mass is 346 g/mol. The standard InChI is InChI=1S/C18H22N2O3S/c1-4-13(2)14-8-10-16(11-9-14)19-18(21)15-6-5-7-17(12-15)20-24(3,22)23/h5-13,20H,4H2,1-3H3,(H,19,21). The lowest BCUT2D eigenvalue weighted by Gasteiger charge is -2.11. The highest BCUT2D eigenvalue weighted by Gasteiger charge is 2.09. The van der Waals surface area contributed by atoms with E-state index in [0.717, 1.165) is 12.7 Å². The summed E-state index contributed by atoms with van der Waals surface area (Å²) >= 11 is 0. The van der Waals surface area contributed by atoms with E-state index >= 15 is 0 Å². The molecule has 5 nitrogen and oxygen atoms in total. The second kappa shape index (κ2) is 7.49. The summed E-state index contributed by atoms with van der Waals surface area (Å²) in [6.07, 6.45) is 2.13. The molecule has 0 saturated carbocycles. The number of anilines is 2. The van der Waals surface area contributed by atoms with Crippen LogP contribution in [0.3, 0.4) is 0 Å². The highest BCUT2D eigenvalue weighted by atomic mass is 32.2. The summed E-state index contributed by atoms with van der Waals surface area (Å²) in [7, 11) is -3.38. The summed E-state index contributed by atoms with van der Waals surface area (Å²) in [5.74, 6) is 0.192. The maximum absolute atomic E-state index is 12.3.